The number of aromatic amines is 1. The number of anilines is 1. The van der Waals surface area contributed by atoms with Gasteiger partial charge in [0.25, 0.3) is 0 Å². The Balaban J connectivity index is 1.95. The minimum absolute atomic E-state index is 0.366. The predicted octanol–water partition coefficient (Wildman–Crippen LogP) is 4.06. The summed E-state index contributed by atoms with van der Waals surface area (Å²) in [4.78, 5) is 0. The SMILES string of the molecule is COc1ccc2cc(-c3cc(NC(C)C)n[nH]3)ccc2c1. The van der Waals surface area contributed by atoms with E-state index in [-0.39, 0.29) is 0 Å². The van der Waals surface area contributed by atoms with Gasteiger partial charge < -0.3 is 10.1 Å². The van der Waals surface area contributed by atoms with Crippen LogP contribution in [0, 0.1) is 0 Å². The van der Waals surface area contributed by atoms with Crippen LogP contribution >= 0.6 is 0 Å². The minimum Gasteiger partial charge on any atom is -0.497 e. The van der Waals surface area contributed by atoms with Gasteiger partial charge in [-0.15, -0.1) is 0 Å². The first-order valence-corrected chi connectivity index (χ1v) is 7.06. The van der Waals surface area contributed by atoms with Crippen LogP contribution in [-0.2, 0) is 0 Å². The monoisotopic (exact) mass is 281 g/mol. The maximum atomic E-state index is 5.25. The molecule has 0 aliphatic rings. The zero-order chi connectivity index (χ0) is 14.8. The van der Waals surface area contributed by atoms with Gasteiger partial charge in [-0.1, -0.05) is 18.2 Å². The van der Waals surface area contributed by atoms with Crippen molar-refractivity contribution < 1.29 is 4.74 Å². The number of aromatic nitrogens is 2. The lowest BCUT2D eigenvalue weighted by molar-refractivity contribution is 0.415. The van der Waals surface area contributed by atoms with Crippen molar-refractivity contribution in [3.63, 3.8) is 0 Å². The second-order valence-electron chi connectivity index (χ2n) is 5.39. The molecule has 0 spiro atoms. The molecule has 4 heteroatoms. The molecule has 0 aliphatic carbocycles. The number of H-pyrrole nitrogens is 1. The van der Waals surface area contributed by atoms with Gasteiger partial charge in [-0.2, -0.15) is 5.10 Å². The van der Waals surface area contributed by atoms with Gasteiger partial charge in [-0.05, 0) is 42.8 Å². The van der Waals surface area contributed by atoms with Crippen LogP contribution in [0.25, 0.3) is 22.0 Å². The highest BCUT2D eigenvalue weighted by atomic mass is 16.5. The van der Waals surface area contributed by atoms with Crippen LogP contribution in [0.3, 0.4) is 0 Å². The maximum absolute atomic E-state index is 5.25. The normalized spacial score (nSPS) is 11.0. The summed E-state index contributed by atoms with van der Waals surface area (Å²) in [7, 11) is 1.68. The Labute approximate surface area is 124 Å². The fourth-order valence-electron chi connectivity index (χ4n) is 2.36. The van der Waals surface area contributed by atoms with Crippen molar-refractivity contribution in [1.29, 1.82) is 0 Å². The highest BCUT2D eigenvalue weighted by Crippen LogP contribution is 2.27. The third kappa shape index (κ3) is 2.84. The summed E-state index contributed by atoms with van der Waals surface area (Å²) in [6, 6.07) is 14.8. The zero-order valence-electron chi connectivity index (χ0n) is 12.5. The topological polar surface area (TPSA) is 49.9 Å². The molecule has 0 aliphatic heterocycles. The van der Waals surface area contributed by atoms with Gasteiger partial charge in [0.2, 0.25) is 0 Å². The van der Waals surface area contributed by atoms with Crippen molar-refractivity contribution in [2.45, 2.75) is 19.9 Å². The highest BCUT2D eigenvalue weighted by molar-refractivity contribution is 5.88. The third-order valence-corrected chi connectivity index (χ3v) is 3.37. The fourth-order valence-corrected chi connectivity index (χ4v) is 2.36. The molecule has 108 valence electrons. The van der Waals surface area contributed by atoms with Crippen LogP contribution in [-0.4, -0.2) is 23.3 Å². The van der Waals surface area contributed by atoms with Crippen LogP contribution in [0.15, 0.2) is 42.5 Å². The second-order valence-corrected chi connectivity index (χ2v) is 5.39. The summed E-state index contributed by atoms with van der Waals surface area (Å²) >= 11 is 0. The summed E-state index contributed by atoms with van der Waals surface area (Å²) < 4.78 is 5.25. The van der Waals surface area contributed by atoms with E-state index in [2.05, 4.69) is 53.6 Å². The van der Waals surface area contributed by atoms with Gasteiger partial charge >= 0.3 is 0 Å². The van der Waals surface area contributed by atoms with Gasteiger partial charge in [0.15, 0.2) is 0 Å². The van der Waals surface area contributed by atoms with E-state index in [0.717, 1.165) is 28.2 Å². The lowest BCUT2D eigenvalue weighted by Crippen LogP contribution is -2.09. The summed E-state index contributed by atoms with van der Waals surface area (Å²) in [6.45, 7) is 4.19. The van der Waals surface area contributed by atoms with Crippen LogP contribution in [0.5, 0.6) is 5.75 Å². The molecule has 0 saturated heterocycles. The Bertz CT molecular complexity index is 762. The first-order valence-electron chi connectivity index (χ1n) is 7.06. The highest BCUT2D eigenvalue weighted by Gasteiger charge is 2.06. The molecule has 0 atom stereocenters. The molecule has 2 N–H and O–H groups in total. The van der Waals surface area contributed by atoms with Gasteiger partial charge in [0.1, 0.15) is 11.6 Å². The van der Waals surface area contributed by atoms with Crippen molar-refractivity contribution in [2.75, 3.05) is 12.4 Å². The molecular formula is C17H19N3O. The number of fused-ring (bicyclic) bond motifs is 1. The molecule has 0 fully saturated rings. The first kappa shape index (κ1) is 13.5. The van der Waals surface area contributed by atoms with Gasteiger partial charge in [0.05, 0.1) is 12.8 Å². The minimum atomic E-state index is 0.366. The van der Waals surface area contributed by atoms with E-state index >= 15 is 0 Å². The number of methoxy groups -OCH3 is 1. The number of nitrogens with zero attached hydrogens (tertiary/aromatic N) is 1. The fraction of sp³-hybridized carbons (Fsp3) is 0.235. The van der Waals surface area contributed by atoms with Crippen LogP contribution < -0.4 is 10.1 Å². The molecule has 2 aromatic carbocycles. The summed E-state index contributed by atoms with van der Waals surface area (Å²) in [5.41, 5.74) is 2.13. The molecule has 1 heterocycles. The maximum Gasteiger partial charge on any atom is 0.148 e. The van der Waals surface area contributed by atoms with E-state index in [9.17, 15) is 0 Å². The molecular weight excluding hydrogens is 262 g/mol. The molecule has 3 aromatic rings. The van der Waals surface area contributed by atoms with E-state index in [1.54, 1.807) is 7.11 Å². The van der Waals surface area contributed by atoms with Crippen molar-refractivity contribution in [1.82, 2.24) is 10.2 Å². The van der Waals surface area contributed by atoms with E-state index < -0.39 is 0 Å². The number of nitrogens with one attached hydrogen (secondary N) is 2. The number of hydrogen-bond donors (Lipinski definition) is 2. The van der Waals surface area contributed by atoms with E-state index in [0.29, 0.717) is 6.04 Å². The quantitative estimate of drug-likeness (QED) is 0.758. The van der Waals surface area contributed by atoms with Crippen molar-refractivity contribution in [2.24, 2.45) is 0 Å². The Kier molecular flexibility index (Phi) is 3.52. The number of rotatable bonds is 4. The zero-order valence-corrected chi connectivity index (χ0v) is 12.5. The number of ether oxygens (including phenoxy) is 1. The van der Waals surface area contributed by atoms with Crippen molar-refractivity contribution >= 4 is 16.6 Å². The average Bonchev–Trinajstić information content (AvgIpc) is 2.93. The average molecular weight is 281 g/mol. The molecule has 4 nitrogen and oxygen atoms in total. The van der Waals surface area contributed by atoms with Crippen molar-refractivity contribution in [3.8, 4) is 17.0 Å². The summed E-state index contributed by atoms with van der Waals surface area (Å²) in [5, 5.41) is 13.0. The lowest BCUT2D eigenvalue weighted by Gasteiger charge is -2.05. The molecule has 0 bridgehead atoms. The Morgan fingerprint density at radius 3 is 2.57 bits per heavy atom. The first-order chi connectivity index (χ1) is 10.2. The molecule has 0 amide bonds. The number of hydrogen-bond acceptors (Lipinski definition) is 3. The van der Waals surface area contributed by atoms with Crippen LogP contribution in [0.2, 0.25) is 0 Å². The Hall–Kier alpha value is -2.49. The molecule has 1 aromatic heterocycles. The van der Waals surface area contributed by atoms with Crippen LogP contribution in [0.4, 0.5) is 5.82 Å². The predicted molar refractivity (Wildman–Crippen MR) is 86.8 cm³/mol. The third-order valence-electron chi connectivity index (χ3n) is 3.37. The van der Waals surface area contributed by atoms with Gasteiger partial charge in [0, 0.05) is 17.7 Å². The molecule has 0 unspecified atom stereocenters. The number of benzene rings is 2. The van der Waals surface area contributed by atoms with Gasteiger partial charge in [-0.25, -0.2) is 0 Å². The van der Waals surface area contributed by atoms with E-state index in [4.69, 9.17) is 4.74 Å². The van der Waals surface area contributed by atoms with Crippen molar-refractivity contribution in [3.05, 3.63) is 42.5 Å². The Morgan fingerprint density at radius 2 is 1.81 bits per heavy atom. The van der Waals surface area contributed by atoms with Crippen LogP contribution in [0.1, 0.15) is 13.8 Å². The summed E-state index contributed by atoms with van der Waals surface area (Å²) in [5.74, 6) is 1.75. The van der Waals surface area contributed by atoms with E-state index in [1.165, 1.54) is 5.39 Å². The lowest BCUT2D eigenvalue weighted by atomic mass is 10.0. The Morgan fingerprint density at radius 1 is 1.05 bits per heavy atom. The second kappa shape index (κ2) is 5.48. The molecule has 0 radical (unpaired) electrons. The smallest absolute Gasteiger partial charge is 0.148 e. The largest absolute Gasteiger partial charge is 0.497 e. The summed E-state index contributed by atoms with van der Waals surface area (Å²) in [6.07, 6.45) is 0. The molecule has 21 heavy (non-hydrogen) atoms. The standard InChI is InChI=1S/C17H19N3O/c1-11(2)18-17-10-16(19-20-17)14-5-4-13-9-15(21-3)7-6-12(13)8-14/h4-11H,1-3H3,(H2,18,19,20). The van der Waals surface area contributed by atoms with Gasteiger partial charge in [-0.3, -0.25) is 5.10 Å². The van der Waals surface area contributed by atoms with E-state index in [1.807, 2.05) is 18.2 Å². The molecule has 3 rings (SSSR count). The molecule has 0 saturated carbocycles.